The topological polar surface area (TPSA) is 58.4 Å². The van der Waals surface area contributed by atoms with Gasteiger partial charge in [0, 0.05) is 30.2 Å². The van der Waals surface area contributed by atoms with Crippen LogP contribution < -0.4 is 16.0 Å². The highest BCUT2D eigenvalue weighted by Crippen LogP contribution is 2.19. The van der Waals surface area contributed by atoms with E-state index in [1.165, 1.54) is 0 Å². The van der Waals surface area contributed by atoms with Crippen molar-refractivity contribution in [3.63, 3.8) is 0 Å². The Morgan fingerprint density at radius 3 is 2.24 bits per heavy atom. The molecule has 2 aromatic rings. The molecule has 0 radical (unpaired) electrons. The minimum atomic E-state index is -0.191. The van der Waals surface area contributed by atoms with Crippen LogP contribution in [0.25, 0.3) is 0 Å². The zero-order valence-corrected chi connectivity index (χ0v) is 12.5. The standard InChI is InChI=1S/C17H21N3O/c1-3-20(4-2)14-11-9-13(10-12-14)19-17(21)15-7-5-6-8-16(15)18/h5-12H,3-4,18H2,1-2H3,(H,19,21). The monoisotopic (exact) mass is 283 g/mol. The number of hydrogen-bond donors (Lipinski definition) is 2. The molecule has 0 saturated carbocycles. The number of nitrogens with one attached hydrogen (secondary N) is 1. The summed E-state index contributed by atoms with van der Waals surface area (Å²) in [5.74, 6) is -0.191. The van der Waals surface area contributed by atoms with Gasteiger partial charge in [0.05, 0.1) is 5.56 Å². The Morgan fingerprint density at radius 1 is 1.05 bits per heavy atom. The second-order valence-corrected chi connectivity index (χ2v) is 4.76. The molecule has 1 amide bonds. The molecule has 0 aliphatic rings. The third-order valence-corrected chi connectivity index (χ3v) is 3.46. The summed E-state index contributed by atoms with van der Waals surface area (Å²) < 4.78 is 0. The normalized spacial score (nSPS) is 10.2. The number of benzene rings is 2. The first-order chi connectivity index (χ1) is 10.2. The van der Waals surface area contributed by atoms with Gasteiger partial charge < -0.3 is 16.0 Å². The number of anilines is 3. The SMILES string of the molecule is CCN(CC)c1ccc(NC(=O)c2ccccc2N)cc1. The predicted octanol–water partition coefficient (Wildman–Crippen LogP) is 3.37. The summed E-state index contributed by atoms with van der Waals surface area (Å²) in [5, 5.41) is 2.86. The number of nitrogens with two attached hydrogens (primary N) is 1. The highest BCUT2D eigenvalue weighted by atomic mass is 16.1. The van der Waals surface area contributed by atoms with E-state index in [1.807, 2.05) is 30.3 Å². The van der Waals surface area contributed by atoms with Gasteiger partial charge in [0.1, 0.15) is 0 Å². The second-order valence-electron chi connectivity index (χ2n) is 4.76. The van der Waals surface area contributed by atoms with Crippen LogP contribution in [-0.4, -0.2) is 19.0 Å². The van der Waals surface area contributed by atoms with E-state index in [2.05, 4.69) is 24.1 Å². The second kappa shape index (κ2) is 6.79. The molecule has 0 saturated heterocycles. The van der Waals surface area contributed by atoms with Crippen LogP contribution in [0.4, 0.5) is 17.1 Å². The van der Waals surface area contributed by atoms with Crippen molar-refractivity contribution in [2.24, 2.45) is 0 Å². The van der Waals surface area contributed by atoms with E-state index >= 15 is 0 Å². The summed E-state index contributed by atoms with van der Waals surface area (Å²) in [5.41, 5.74) is 8.69. The van der Waals surface area contributed by atoms with Gasteiger partial charge in [-0.25, -0.2) is 0 Å². The van der Waals surface area contributed by atoms with Crippen LogP contribution in [0.5, 0.6) is 0 Å². The molecular formula is C17H21N3O. The number of carbonyl (C=O) groups excluding carboxylic acids is 1. The zero-order chi connectivity index (χ0) is 15.2. The number of amides is 1. The van der Waals surface area contributed by atoms with Gasteiger partial charge in [-0.3, -0.25) is 4.79 Å². The van der Waals surface area contributed by atoms with Crippen molar-refractivity contribution in [2.75, 3.05) is 29.0 Å². The number of carbonyl (C=O) groups is 1. The van der Waals surface area contributed by atoms with Gasteiger partial charge >= 0.3 is 0 Å². The lowest BCUT2D eigenvalue weighted by Crippen LogP contribution is -2.21. The van der Waals surface area contributed by atoms with E-state index in [0.29, 0.717) is 11.3 Å². The van der Waals surface area contributed by atoms with Gasteiger partial charge in [0.15, 0.2) is 0 Å². The van der Waals surface area contributed by atoms with Crippen LogP contribution in [0.2, 0.25) is 0 Å². The predicted molar refractivity (Wildman–Crippen MR) is 88.8 cm³/mol. The van der Waals surface area contributed by atoms with Gasteiger partial charge in [-0.1, -0.05) is 12.1 Å². The maximum Gasteiger partial charge on any atom is 0.257 e. The lowest BCUT2D eigenvalue weighted by atomic mass is 10.1. The third kappa shape index (κ3) is 3.54. The molecule has 2 aromatic carbocycles. The molecule has 110 valence electrons. The average Bonchev–Trinajstić information content (AvgIpc) is 2.50. The Balaban J connectivity index is 2.10. The smallest absolute Gasteiger partial charge is 0.257 e. The molecule has 0 aromatic heterocycles. The van der Waals surface area contributed by atoms with E-state index in [1.54, 1.807) is 18.2 Å². The summed E-state index contributed by atoms with van der Waals surface area (Å²) in [6.45, 7) is 6.17. The van der Waals surface area contributed by atoms with E-state index in [0.717, 1.165) is 24.5 Å². The van der Waals surface area contributed by atoms with Crippen molar-refractivity contribution in [1.82, 2.24) is 0 Å². The summed E-state index contributed by atoms with van der Waals surface area (Å²) in [6, 6.07) is 14.9. The van der Waals surface area contributed by atoms with Crippen LogP contribution in [0, 0.1) is 0 Å². The highest BCUT2D eigenvalue weighted by molar-refractivity contribution is 6.07. The maximum absolute atomic E-state index is 12.2. The molecule has 4 nitrogen and oxygen atoms in total. The molecule has 0 fully saturated rings. The van der Waals surface area contributed by atoms with Crippen molar-refractivity contribution in [3.05, 3.63) is 54.1 Å². The number of hydrogen-bond acceptors (Lipinski definition) is 3. The van der Waals surface area contributed by atoms with Crippen molar-refractivity contribution in [2.45, 2.75) is 13.8 Å². The van der Waals surface area contributed by atoms with Crippen LogP contribution >= 0.6 is 0 Å². The molecule has 21 heavy (non-hydrogen) atoms. The lowest BCUT2D eigenvalue weighted by molar-refractivity contribution is 0.102. The maximum atomic E-state index is 12.2. The molecule has 0 aliphatic heterocycles. The first kappa shape index (κ1) is 14.9. The molecule has 3 N–H and O–H groups in total. The lowest BCUT2D eigenvalue weighted by Gasteiger charge is -2.21. The molecule has 4 heteroatoms. The van der Waals surface area contributed by atoms with Crippen LogP contribution in [0.3, 0.4) is 0 Å². The first-order valence-electron chi connectivity index (χ1n) is 7.16. The molecule has 0 unspecified atom stereocenters. The number of para-hydroxylation sites is 1. The van der Waals surface area contributed by atoms with Crippen LogP contribution in [0.1, 0.15) is 24.2 Å². The largest absolute Gasteiger partial charge is 0.398 e. The van der Waals surface area contributed by atoms with Gasteiger partial charge in [0.25, 0.3) is 5.91 Å². The Bertz CT molecular complexity index is 604. The Hall–Kier alpha value is -2.49. The van der Waals surface area contributed by atoms with E-state index in [9.17, 15) is 4.79 Å². The molecular weight excluding hydrogens is 262 g/mol. The number of nitrogens with zero attached hydrogens (tertiary/aromatic N) is 1. The van der Waals surface area contributed by atoms with Crippen molar-refractivity contribution in [3.8, 4) is 0 Å². The summed E-state index contributed by atoms with van der Waals surface area (Å²) >= 11 is 0. The van der Waals surface area contributed by atoms with E-state index < -0.39 is 0 Å². The highest BCUT2D eigenvalue weighted by Gasteiger charge is 2.09. The molecule has 0 spiro atoms. The Morgan fingerprint density at radius 2 is 1.67 bits per heavy atom. The molecule has 2 rings (SSSR count). The van der Waals surface area contributed by atoms with Crippen molar-refractivity contribution >= 4 is 23.0 Å². The quantitative estimate of drug-likeness (QED) is 0.827. The van der Waals surface area contributed by atoms with Crippen molar-refractivity contribution < 1.29 is 4.79 Å². The fraction of sp³-hybridized carbons (Fsp3) is 0.235. The molecule has 0 aliphatic carbocycles. The van der Waals surface area contributed by atoms with E-state index in [4.69, 9.17) is 5.73 Å². The van der Waals surface area contributed by atoms with Gasteiger partial charge in [-0.05, 0) is 50.2 Å². The van der Waals surface area contributed by atoms with Crippen molar-refractivity contribution in [1.29, 1.82) is 0 Å². The van der Waals surface area contributed by atoms with E-state index in [-0.39, 0.29) is 5.91 Å². The summed E-state index contributed by atoms with van der Waals surface area (Å²) in [6.07, 6.45) is 0. The van der Waals surface area contributed by atoms with Gasteiger partial charge in [0.2, 0.25) is 0 Å². The first-order valence-corrected chi connectivity index (χ1v) is 7.16. The summed E-state index contributed by atoms with van der Waals surface area (Å²) in [7, 11) is 0. The molecule has 0 bridgehead atoms. The Kier molecular flexibility index (Phi) is 4.82. The minimum Gasteiger partial charge on any atom is -0.398 e. The fourth-order valence-corrected chi connectivity index (χ4v) is 2.25. The van der Waals surface area contributed by atoms with Gasteiger partial charge in [-0.15, -0.1) is 0 Å². The van der Waals surface area contributed by atoms with Crippen LogP contribution in [-0.2, 0) is 0 Å². The fourth-order valence-electron chi connectivity index (χ4n) is 2.25. The van der Waals surface area contributed by atoms with Crippen LogP contribution in [0.15, 0.2) is 48.5 Å². The number of rotatable bonds is 5. The zero-order valence-electron chi connectivity index (χ0n) is 12.5. The molecule has 0 atom stereocenters. The Labute approximate surface area is 125 Å². The summed E-state index contributed by atoms with van der Waals surface area (Å²) in [4.78, 5) is 14.4. The number of nitrogen functional groups attached to an aromatic ring is 1. The minimum absolute atomic E-state index is 0.191. The van der Waals surface area contributed by atoms with Gasteiger partial charge in [-0.2, -0.15) is 0 Å². The third-order valence-electron chi connectivity index (χ3n) is 3.46. The molecule has 0 heterocycles. The average molecular weight is 283 g/mol.